The summed E-state index contributed by atoms with van der Waals surface area (Å²) in [4.78, 5) is 14.6. The molecule has 1 aliphatic carbocycles. The van der Waals surface area contributed by atoms with E-state index in [2.05, 4.69) is 32.7 Å². The summed E-state index contributed by atoms with van der Waals surface area (Å²) in [6.07, 6.45) is 1.31. The lowest BCUT2D eigenvalue weighted by molar-refractivity contribution is -0.156. The molecule has 3 nitrogen and oxygen atoms in total. The van der Waals surface area contributed by atoms with E-state index >= 15 is 0 Å². The summed E-state index contributed by atoms with van der Waals surface area (Å²) in [7, 11) is 2.22. The van der Waals surface area contributed by atoms with E-state index in [1.54, 1.807) is 0 Å². The van der Waals surface area contributed by atoms with Gasteiger partial charge in [0.05, 0.1) is 12.5 Å². The number of esters is 1. The number of carbonyl (C=O) groups is 1. The molecule has 0 aromatic rings. The quantitative estimate of drug-likeness (QED) is 0.736. The van der Waals surface area contributed by atoms with Crippen molar-refractivity contribution in [2.75, 3.05) is 26.7 Å². The van der Waals surface area contributed by atoms with Crippen LogP contribution in [-0.4, -0.2) is 37.6 Å². The third kappa shape index (κ3) is 2.81. The zero-order valence-electron chi connectivity index (χ0n) is 13.1. The molecule has 2 aliphatic rings. The zero-order valence-corrected chi connectivity index (χ0v) is 13.1. The van der Waals surface area contributed by atoms with E-state index in [1.165, 1.54) is 6.42 Å². The van der Waals surface area contributed by atoms with Gasteiger partial charge in [-0.25, -0.2) is 0 Å². The molecular weight excluding hydrogens is 238 g/mol. The maximum atomic E-state index is 12.1. The molecule has 110 valence electrons. The minimum Gasteiger partial charge on any atom is -0.466 e. The van der Waals surface area contributed by atoms with Gasteiger partial charge in [-0.3, -0.25) is 4.79 Å². The van der Waals surface area contributed by atoms with Gasteiger partial charge in [-0.15, -0.1) is 0 Å². The van der Waals surface area contributed by atoms with Crippen LogP contribution in [0.5, 0.6) is 0 Å². The second-order valence-corrected chi connectivity index (χ2v) is 6.86. The Balaban J connectivity index is 2.19. The number of hydrogen-bond acceptors (Lipinski definition) is 3. The molecule has 0 amide bonds. The fraction of sp³-hybridized carbons (Fsp3) is 0.938. The van der Waals surface area contributed by atoms with E-state index in [0.717, 1.165) is 24.9 Å². The van der Waals surface area contributed by atoms with Crippen molar-refractivity contribution in [1.29, 1.82) is 0 Å². The molecule has 3 heteroatoms. The number of piperidine rings is 1. The molecule has 2 rings (SSSR count). The molecule has 2 bridgehead atoms. The van der Waals surface area contributed by atoms with Gasteiger partial charge in [0.1, 0.15) is 0 Å². The van der Waals surface area contributed by atoms with Crippen LogP contribution in [0.1, 0.15) is 34.1 Å². The lowest BCUT2D eigenvalue weighted by atomic mass is 9.57. The van der Waals surface area contributed by atoms with Gasteiger partial charge in [-0.1, -0.05) is 20.8 Å². The summed E-state index contributed by atoms with van der Waals surface area (Å²) in [5.41, 5.74) is 0. The molecule has 0 N–H and O–H groups in total. The van der Waals surface area contributed by atoms with Gasteiger partial charge < -0.3 is 9.64 Å². The number of nitrogens with zero attached hydrogens (tertiary/aromatic N) is 1. The predicted molar refractivity (Wildman–Crippen MR) is 76.7 cm³/mol. The van der Waals surface area contributed by atoms with E-state index in [0.29, 0.717) is 24.4 Å². The van der Waals surface area contributed by atoms with Gasteiger partial charge in [0.2, 0.25) is 0 Å². The van der Waals surface area contributed by atoms with Crippen LogP contribution in [0.2, 0.25) is 0 Å². The fourth-order valence-electron chi connectivity index (χ4n) is 4.58. The van der Waals surface area contributed by atoms with Crippen molar-refractivity contribution in [3.63, 3.8) is 0 Å². The maximum absolute atomic E-state index is 12.1. The molecule has 19 heavy (non-hydrogen) atoms. The number of rotatable bonds is 3. The number of carbonyl (C=O) groups excluding carboxylic acids is 1. The van der Waals surface area contributed by atoms with Crippen molar-refractivity contribution in [1.82, 2.24) is 4.90 Å². The monoisotopic (exact) mass is 267 g/mol. The first-order valence-electron chi connectivity index (χ1n) is 7.80. The molecule has 1 heterocycles. The molecule has 5 atom stereocenters. The number of fused-ring (bicyclic) bond motifs is 2. The van der Waals surface area contributed by atoms with Gasteiger partial charge in [0.15, 0.2) is 0 Å². The van der Waals surface area contributed by atoms with Gasteiger partial charge in [-0.05, 0) is 50.0 Å². The van der Waals surface area contributed by atoms with Crippen molar-refractivity contribution in [3.05, 3.63) is 0 Å². The summed E-state index contributed by atoms with van der Waals surface area (Å²) in [6.45, 7) is 11.5. The van der Waals surface area contributed by atoms with Crippen LogP contribution >= 0.6 is 0 Å². The fourth-order valence-corrected chi connectivity index (χ4v) is 4.58. The SMILES string of the molecule is CCOC(=O)C(C)C1C2CN(C)CC1[C@H](C)C[C@H]2C. The lowest BCUT2D eigenvalue weighted by Gasteiger charge is -2.53. The zero-order chi connectivity index (χ0) is 14.2. The smallest absolute Gasteiger partial charge is 0.308 e. The Morgan fingerprint density at radius 1 is 1.26 bits per heavy atom. The minimum atomic E-state index is 0.00773. The van der Waals surface area contributed by atoms with Crippen LogP contribution in [-0.2, 0) is 9.53 Å². The second kappa shape index (κ2) is 5.82. The third-order valence-electron chi connectivity index (χ3n) is 5.47. The standard InChI is InChI=1S/C16H29NO2/c1-6-19-16(18)12(4)15-13-8-17(5)9-14(15)11(3)7-10(13)2/h10-15H,6-9H2,1-5H3/t10-,11-,12?,13?,14?,15?/m1/s1. The molecule has 0 aromatic carbocycles. The predicted octanol–water partition coefficient (Wildman–Crippen LogP) is 2.66. The number of hydrogen-bond donors (Lipinski definition) is 0. The summed E-state index contributed by atoms with van der Waals surface area (Å²) in [5, 5.41) is 0. The highest BCUT2D eigenvalue weighted by Crippen LogP contribution is 2.48. The Labute approximate surface area is 117 Å². The van der Waals surface area contributed by atoms with Crippen molar-refractivity contribution in [2.24, 2.45) is 35.5 Å². The molecule has 0 spiro atoms. The first-order valence-corrected chi connectivity index (χ1v) is 7.80. The van der Waals surface area contributed by atoms with E-state index < -0.39 is 0 Å². The molecule has 1 saturated carbocycles. The van der Waals surface area contributed by atoms with Gasteiger partial charge >= 0.3 is 5.97 Å². The van der Waals surface area contributed by atoms with Gasteiger partial charge in [0, 0.05) is 13.1 Å². The highest BCUT2D eigenvalue weighted by molar-refractivity contribution is 5.72. The Morgan fingerprint density at radius 2 is 1.79 bits per heavy atom. The summed E-state index contributed by atoms with van der Waals surface area (Å²) >= 11 is 0. The molecule has 2 fully saturated rings. The van der Waals surface area contributed by atoms with Crippen LogP contribution in [0.15, 0.2) is 0 Å². The topological polar surface area (TPSA) is 29.5 Å². The van der Waals surface area contributed by atoms with Gasteiger partial charge in [-0.2, -0.15) is 0 Å². The normalized spacial score (nSPS) is 40.8. The van der Waals surface area contributed by atoms with Crippen LogP contribution in [0, 0.1) is 35.5 Å². The maximum Gasteiger partial charge on any atom is 0.308 e. The molecule has 1 saturated heterocycles. The van der Waals surface area contributed by atoms with Crippen molar-refractivity contribution < 1.29 is 9.53 Å². The van der Waals surface area contributed by atoms with Crippen LogP contribution in [0.4, 0.5) is 0 Å². The molecule has 0 aromatic heterocycles. The molecule has 0 radical (unpaired) electrons. The Morgan fingerprint density at radius 3 is 2.26 bits per heavy atom. The second-order valence-electron chi connectivity index (χ2n) is 6.86. The Hall–Kier alpha value is -0.570. The number of ether oxygens (including phenoxy) is 1. The summed E-state index contributed by atoms with van der Waals surface area (Å²) < 4.78 is 5.27. The average Bonchev–Trinajstić information content (AvgIpc) is 2.35. The highest BCUT2D eigenvalue weighted by Gasteiger charge is 2.48. The van der Waals surface area contributed by atoms with Crippen molar-refractivity contribution >= 4 is 5.97 Å². The lowest BCUT2D eigenvalue weighted by Crippen LogP contribution is -2.55. The van der Waals surface area contributed by atoms with Crippen LogP contribution < -0.4 is 0 Å². The Kier molecular flexibility index (Phi) is 4.54. The molecule has 1 aliphatic heterocycles. The minimum absolute atomic E-state index is 0.00773. The molecular formula is C16H29NO2. The van der Waals surface area contributed by atoms with E-state index in [4.69, 9.17) is 4.74 Å². The summed E-state index contributed by atoms with van der Waals surface area (Å²) in [5.74, 6) is 3.31. The largest absolute Gasteiger partial charge is 0.466 e. The molecule has 3 unspecified atom stereocenters. The van der Waals surface area contributed by atoms with Crippen molar-refractivity contribution in [2.45, 2.75) is 34.1 Å². The number of likely N-dealkylation sites (tertiary alicyclic amines) is 1. The van der Waals surface area contributed by atoms with Gasteiger partial charge in [0.25, 0.3) is 0 Å². The first kappa shape index (κ1) is 14.8. The van der Waals surface area contributed by atoms with Crippen molar-refractivity contribution in [3.8, 4) is 0 Å². The third-order valence-corrected chi connectivity index (χ3v) is 5.47. The first-order chi connectivity index (χ1) is 8.95. The summed E-state index contributed by atoms with van der Waals surface area (Å²) in [6, 6.07) is 0. The van der Waals surface area contributed by atoms with Crippen LogP contribution in [0.3, 0.4) is 0 Å². The van der Waals surface area contributed by atoms with Crippen LogP contribution in [0.25, 0.3) is 0 Å². The van der Waals surface area contributed by atoms with E-state index in [9.17, 15) is 4.79 Å². The highest BCUT2D eigenvalue weighted by atomic mass is 16.5. The average molecular weight is 267 g/mol. The Bertz CT molecular complexity index is 313. The van der Waals surface area contributed by atoms with E-state index in [1.807, 2.05) is 6.92 Å². The van der Waals surface area contributed by atoms with E-state index in [-0.39, 0.29) is 11.9 Å².